The first kappa shape index (κ1) is 30.6. The minimum Gasteiger partial charge on any atom is -0.501 e. The van der Waals surface area contributed by atoms with Crippen LogP contribution in [0.25, 0.3) is 0 Å². The van der Waals surface area contributed by atoms with Gasteiger partial charge < -0.3 is 23.9 Å². The van der Waals surface area contributed by atoms with E-state index in [4.69, 9.17) is 18.6 Å². The van der Waals surface area contributed by atoms with Gasteiger partial charge in [0.1, 0.15) is 22.9 Å². The van der Waals surface area contributed by atoms with Crippen LogP contribution in [0.5, 0.6) is 0 Å². The number of thiophene rings is 1. The van der Waals surface area contributed by atoms with Crippen LogP contribution in [-0.4, -0.2) is 46.0 Å². The molecule has 1 amide bonds. The van der Waals surface area contributed by atoms with Gasteiger partial charge in [-0.1, -0.05) is 12.2 Å². The minimum atomic E-state index is 0.200. The Hall–Kier alpha value is -3.43. The van der Waals surface area contributed by atoms with Gasteiger partial charge >= 0.3 is 0 Å². The van der Waals surface area contributed by atoms with Crippen LogP contribution in [0.1, 0.15) is 46.3 Å². The number of nitrogens with one attached hydrogen (secondary N) is 1. The number of allylic oxidation sites excluding steroid dienone is 2. The number of ketones is 1. The summed E-state index contributed by atoms with van der Waals surface area (Å²) in [6.07, 6.45) is 13.4. The first-order valence-electron chi connectivity index (χ1n) is 11.4. The molecule has 1 aliphatic carbocycles. The van der Waals surface area contributed by atoms with Crippen molar-refractivity contribution in [1.82, 2.24) is 5.32 Å². The Bertz CT molecular complexity index is 1050. The number of ether oxygens (including phenoxy) is 3. The Kier molecular flexibility index (Phi) is 15.2. The van der Waals surface area contributed by atoms with Crippen LogP contribution < -0.4 is 5.32 Å². The van der Waals surface area contributed by atoms with Gasteiger partial charge in [0.25, 0.3) is 0 Å². The van der Waals surface area contributed by atoms with Crippen molar-refractivity contribution in [2.75, 3.05) is 27.9 Å². The monoisotopic (exact) mass is 516 g/mol. The van der Waals surface area contributed by atoms with Crippen LogP contribution >= 0.6 is 11.3 Å². The summed E-state index contributed by atoms with van der Waals surface area (Å²) in [6.45, 7) is 6.25. The number of fused-ring (bicyclic) bond motifs is 1. The molecule has 0 aliphatic heterocycles. The topological polar surface area (TPSA) is 99.4 Å². The highest BCUT2D eigenvalue weighted by molar-refractivity contribution is 7.18. The van der Waals surface area contributed by atoms with E-state index in [9.17, 15) is 9.59 Å². The number of hydrogen-bond donors (Lipinski definition) is 1. The Morgan fingerprint density at radius 1 is 1.22 bits per heavy atom. The lowest BCUT2D eigenvalue weighted by molar-refractivity contribution is -0.108. The van der Waals surface area contributed by atoms with Gasteiger partial charge in [-0.25, -0.2) is 4.99 Å². The van der Waals surface area contributed by atoms with Crippen LogP contribution in [0.4, 0.5) is 5.00 Å². The standard InChI is InChI=1S/C15H18N2O3S.C7H12O2.C5H6O/c1-10-11-5-3-6-12(19)14(11)21-15(10)17-13(16-9-18)7-4-8-20-2;1-4-5-7(9-3)6-8-2;1-5-3-2-4-6-5/h4,7,9H,3,5-6,8H2,1-2H3,(H,16,17,18);4-6H,1-3H3;2-4H,1H3/b7-4+;5-4-,7-6+;. The van der Waals surface area contributed by atoms with Crippen LogP contribution in [0.2, 0.25) is 0 Å². The first-order chi connectivity index (χ1) is 17.4. The van der Waals surface area contributed by atoms with E-state index >= 15 is 0 Å². The summed E-state index contributed by atoms with van der Waals surface area (Å²) >= 11 is 1.41. The highest BCUT2D eigenvalue weighted by Gasteiger charge is 2.23. The molecule has 0 unspecified atom stereocenters. The maximum atomic E-state index is 11.9. The third kappa shape index (κ3) is 10.9. The lowest BCUT2D eigenvalue weighted by Crippen LogP contribution is -2.18. The molecular formula is C27H36N2O6S. The summed E-state index contributed by atoms with van der Waals surface area (Å²) in [5.41, 5.74) is 2.15. The van der Waals surface area contributed by atoms with Gasteiger partial charge in [-0.2, -0.15) is 0 Å². The molecule has 2 aromatic heterocycles. The molecule has 8 nitrogen and oxygen atoms in total. The van der Waals surface area contributed by atoms with E-state index in [1.54, 1.807) is 46.0 Å². The van der Waals surface area contributed by atoms with E-state index in [-0.39, 0.29) is 5.78 Å². The smallest absolute Gasteiger partial charge is 0.212 e. The second kappa shape index (κ2) is 17.9. The SMILES string of the molecule is C/C=C\C(=C/OC)OC.COC/C=C/C(=N/c1sc2c(c1C)CCCC2=O)NC=O.Cc1ccco1. The zero-order valence-corrected chi connectivity index (χ0v) is 22.6. The molecule has 0 fully saturated rings. The van der Waals surface area contributed by atoms with E-state index in [0.717, 1.165) is 45.4 Å². The van der Waals surface area contributed by atoms with Gasteiger partial charge in [0, 0.05) is 13.5 Å². The average molecular weight is 517 g/mol. The normalized spacial score (nSPS) is 13.4. The molecule has 1 aliphatic rings. The van der Waals surface area contributed by atoms with Crippen molar-refractivity contribution >= 4 is 34.4 Å². The molecule has 3 rings (SSSR count). The third-order valence-electron chi connectivity index (χ3n) is 4.76. The highest BCUT2D eigenvalue weighted by Crippen LogP contribution is 2.39. The van der Waals surface area contributed by atoms with Crippen LogP contribution in [0.15, 0.2) is 64.1 Å². The Morgan fingerprint density at radius 2 is 2.00 bits per heavy atom. The quantitative estimate of drug-likeness (QED) is 0.156. The maximum absolute atomic E-state index is 11.9. The molecule has 36 heavy (non-hydrogen) atoms. The zero-order chi connectivity index (χ0) is 26.8. The maximum Gasteiger partial charge on any atom is 0.212 e. The van der Waals surface area contributed by atoms with Crippen molar-refractivity contribution in [3.8, 4) is 0 Å². The number of aryl methyl sites for hydroxylation is 1. The van der Waals surface area contributed by atoms with Crippen LogP contribution in [0.3, 0.4) is 0 Å². The second-order valence-corrected chi connectivity index (χ2v) is 8.42. The zero-order valence-electron chi connectivity index (χ0n) is 21.8. The number of amides is 1. The predicted octanol–water partition coefficient (Wildman–Crippen LogP) is 5.84. The fraction of sp³-hybridized carbons (Fsp3) is 0.370. The van der Waals surface area contributed by atoms with Crippen molar-refractivity contribution < 1.29 is 28.2 Å². The molecule has 0 bridgehead atoms. The molecule has 9 heteroatoms. The van der Waals surface area contributed by atoms with Crippen LogP contribution in [-0.2, 0) is 25.4 Å². The molecule has 0 radical (unpaired) electrons. The molecular weight excluding hydrogens is 480 g/mol. The molecule has 2 heterocycles. The van der Waals surface area contributed by atoms with Crippen molar-refractivity contribution in [3.05, 3.63) is 76.5 Å². The summed E-state index contributed by atoms with van der Waals surface area (Å²) in [4.78, 5) is 27.9. The fourth-order valence-corrected chi connectivity index (χ4v) is 4.25. The lowest BCUT2D eigenvalue weighted by Gasteiger charge is -2.09. The molecule has 0 aromatic carbocycles. The Balaban J connectivity index is 0.000000353. The summed E-state index contributed by atoms with van der Waals surface area (Å²) in [7, 11) is 4.78. The van der Waals surface area contributed by atoms with Crippen molar-refractivity contribution in [2.24, 2.45) is 4.99 Å². The lowest BCUT2D eigenvalue weighted by atomic mass is 9.95. The van der Waals surface area contributed by atoms with Gasteiger partial charge in [-0.3, -0.25) is 9.59 Å². The van der Waals surface area contributed by atoms with Crippen molar-refractivity contribution in [3.63, 3.8) is 0 Å². The number of furan rings is 1. The summed E-state index contributed by atoms with van der Waals surface area (Å²) < 4.78 is 19.3. The number of carbonyl (C=O) groups is 2. The molecule has 196 valence electrons. The van der Waals surface area contributed by atoms with E-state index in [2.05, 4.69) is 10.3 Å². The number of methoxy groups -OCH3 is 3. The molecule has 0 saturated heterocycles. The second-order valence-electron chi connectivity index (χ2n) is 7.42. The number of carbonyl (C=O) groups excluding carboxylic acids is 2. The average Bonchev–Trinajstić information content (AvgIpc) is 3.47. The van der Waals surface area contributed by atoms with Gasteiger partial charge in [0.2, 0.25) is 6.41 Å². The summed E-state index contributed by atoms with van der Waals surface area (Å²) in [6, 6.07) is 3.79. The molecule has 1 N–H and O–H groups in total. The first-order valence-corrected chi connectivity index (χ1v) is 12.2. The highest BCUT2D eigenvalue weighted by atomic mass is 32.1. The molecule has 0 atom stereocenters. The summed E-state index contributed by atoms with van der Waals surface area (Å²) in [5, 5.41) is 3.34. The number of amidine groups is 1. The number of aliphatic imine (C=N–C) groups is 1. The molecule has 2 aromatic rings. The minimum absolute atomic E-state index is 0.200. The summed E-state index contributed by atoms with van der Waals surface area (Å²) in [5.74, 6) is 2.33. The number of nitrogens with zero attached hydrogens (tertiary/aromatic N) is 1. The van der Waals surface area contributed by atoms with Gasteiger partial charge in [0.05, 0.1) is 32.0 Å². The molecule has 0 spiro atoms. The number of Topliss-reactive ketones (excluding diaryl/α,β-unsaturated/α-hetero) is 1. The Labute approximate surface area is 217 Å². The largest absolute Gasteiger partial charge is 0.501 e. The van der Waals surface area contributed by atoms with E-state index in [1.165, 1.54) is 11.3 Å². The van der Waals surface area contributed by atoms with E-state index in [0.29, 0.717) is 25.3 Å². The van der Waals surface area contributed by atoms with Crippen LogP contribution in [0, 0.1) is 13.8 Å². The van der Waals surface area contributed by atoms with Crippen molar-refractivity contribution in [2.45, 2.75) is 40.0 Å². The number of rotatable bonds is 8. The Morgan fingerprint density at radius 3 is 2.50 bits per heavy atom. The van der Waals surface area contributed by atoms with E-state index < -0.39 is 0 Å². The van der Waals surface area contributed by atoms with Gasteiger partial charge in [-0.05, 0) is 69.0 Å². The van der Waals surface area contributed by atoms with Gasteiger partial charge in [0.15, 0.2) is 11.5 Å². The van der Waals surface area contributed by atoms with Gasteiger partial charge in [-0.15, -0.1) is 11.3 Å². The predicted molar refractivity (Wildman–Crippen MR) is 144 cm³/mol. The molecule has 0 saturated carbocycles. The third-order valence-corrected chi connectivity index (χ3v) is 6.03. The van der Waals surface area contributed by atoms with E-state index in [1.807, 2.05) is 45.1 Å². The fourth-order valence-electron chi connectivity index (χ4n) is 3.05. The number of hydrogen-bond acceptors (Lipinski definition) is 8. The van der Waals surface area contributed by atoms with Crippen molar-refractivity contribution in [1.29, 1.82) is 0 Å².